The van der Waals surface area contributed by atoms with Crippen molar-refractivity contribution in [3.05, 3.63) is 98.0 Å². The number of nitrogens with one attached hydrogen (secondary N) is 1. The number of anilines is 1. The Kier molecular flexibility index (Phi) is 6.53. The zero-order valence-electron chi connectivity index (χ0n) is 19.6. The van der Waals surface area contributed by atoms with Gasteiger partial charge in [-0.2, -0.15) is 10.4 Å². The van der Waals surface area contributed by atoms with Gasteiger partial charge in [0.2, 0.25) is 0 Å². The van der Waals surface area contributed by atoms with Gasteiger partial charge in [0.15, 0.2) is 0 Å². The van der Waals surface area contributed by atoms with Crippen LogP contribution in [0.15, 0.2) is 70.1 Å². The maximum Gasteiger partial charge on any atom is 0.272 e. The van der Waals surface area contributed by atoms with Gasteiger partial charge in [0.25, 0.3) is 11.5 Å². The van der Waals surface area contributed by atoms with E-state index in [1.807, 2.05) is 47.4 Å². The Balaban J connectivity index is 1.32. The average molecular weight is 543 g/mol. The van der Waals surface area contributed by atoms with E-state index >= 15 is 0 Å². The molecule has 5 rings (SSSR count). The van der Waals surface area contributed by atoms with Gasteiger partial charge in [-0.15, -0.1) is 0 Å². The molecule has 1 N–H and O–H groups in total. The van der Waals surface area contributed by atoms with Gasteiger partial charge >= 0.3 is 0 Å². The van der Waals surface area contributed by atoms with Gasteiger partial charge < -0.3 is 9.80 Å². The van der Waals surface area contributed by atoms with Crippen LogP contribution in [0.2, 0.25) is 0 Å². The number of aromatic amines is 1. The van der Waals surface area contributed by atoms with E-state index in [4.69, 9.17) is 5.26 Å². The predicted octanol–water partition coefficient (Wildman–Crippen LogP) is 3.89. The highest BCUT2D eigenvalue weighted by Crippen LogP contribution is 2.23. The minimum absolute atomic E-state index is 0.0156. The standard InChI is InChI=1S/C27H23BrN6O2/c1-17-16-33(9-10-34(17)25-8-5-19(14-29)15-30-25)27(36)20-4-2-3-18(11-20)12-24-23-13-21(28)6-7-22(23)26(35)32-31-24/h2-8,11,13,15,17H,9-10,12,16H2,1H3,(H,32,35). The minimum atomic E-state index is -0.227. The second-order valence-electron chi connectivity index (χ2n) is 8.88. The van der Waals surface area contributed by atoms with Crippen molar-refractivity contribution in [3.8, 4) is 6.07 Å². The van der Waals surface area contributed by atoms with Crippen molar-refractivity contribution in [2.45, 2.75) is 19.4 Å². The van der Waals surface area contributed by atoms with Crippen LogP contribution in [-0.4, -0.2) is 51.7 Å². The van der Waals surface area contributed by atoms with E-state index in [1.165, 1.54) is 0 Å². The predicted molar refractivity (Wildman–Crippen MR) is 141 cm³/mol. The Bertz CT molecular complexity index is 1540. The Hall–Kier alpha value is -4.03. The first-order valence-electron chi connectivity index (χ1n) is 11.6. The van der Waals surface area contributed by atoms with E-state index < -0.39 is 0 Å². The lowest BCUT2D eigenvalue weighted by atomic mass is 10.0. The van der Waals surface area contributed by atoms with Gasteiger partial charge in [-0.3, -0.25) is 9.59 Å². The number of hydrogen-bond acceptors (Lipinski definition) is 6. The maximum absolute atomic E-state index is 13.4. The van der Waals surface area contributed by atoms with Gasteiger partial charge in [0.05, 0.1) is 16.6 Å². The second-order valence-corrected chi connectivity index (χ2v) is 9.79. The van der Waals surface area contributed by atoms with Crippen molar-refractivity contribution in [3.63, 3.8) is 0 Å². The lowest BCUT2D eigenvalue weighted by Crippen LogP contribution is -2.54. The summed E-state index contributed by atoms with van der Waals surface area (Å²) < 4.78 is 0.872. The van der Waals surface area contributed by atoms with E-state index in [-0.39, 0.29) is 17.5 Å². The Morgan fingerprint density at radius 3 is 2.78 bits per heavy atom. The molecule has 8 nitrogen and oxygen atoms in total. The number of pyridine rings is 1. The van der Waals surface area contributed by atoms with Crippen LogP contribution < -0.4 is 10.5 Å². The number of H-pyrrole nitrogens is 1. The van der Waals surface area contributed by atoms with Crippen LogP contribution in [0.3, 0.4) is 0 Å². The summed E-state index contributed by atoms with van der Waals surface area (Å²) in [5.41, 5.74) is 2.61. The van der Waals surface area contributed by atoms with Crippen LogP contribution in [0, 0.1) is 11.3 Å². The fraction of sp³-hybridized carbons (Fsp3) is 0.222. The van der Waals surface area contributed by atoms with Crippen molar-refractivity contribution >= 4 is 38.4 Å². The van der Waals surface area contributed by atoms with E-state index in [2.05, 4.69) is 49.0 Å². The van der Waals surface area contributed by atoms with Gasteiger partial charge in [-0.25, -0.2) is 10.1 Å². The minimum Gasteiger partial charge on any atom is -0.350 e. The van der Waals surface area contributed by atoms with Gasteiger partial charge in [-0.05, 0) is 55.0 Å². The summed E-state index contributed by atoms with van der Waals surface area (Å²) >= 11 is 3.47. The van der Waals surface area contributed by atoms with E-state index in [9.17, 15) is 9.59 Å². The average Bonchev–Trinajstić information content (AvgIpc) is 2.90. The number of rotatable bonds is 4. The number of aromatic nitrogens is 3. The lowest BCUT2D eigenvalue weighted by Gasteiger charge is -2.40. The third kappa shape index (κ3) is 4.72. The van der Waals surface area contributed by atoms with Crippen LogP contribution in [0.4, 0.5) is 5.82 Å². The summed E-state index contributed by atoms with van der Waals surface area (Å²) in [4.78, 5) is 34.0. The van der Waals surface area contributed by atoms with Gasteiger partial charge in [-0.1, -0.05) is 28.1 Å². The lowest BCUT2D eigenvalue weighted by molar-refractivity contribution is 0.0726. The maximum atomic E-state index is 13.4. The molecule has 2 aromatic heterocycles. The molecule has 0 saturated carbocycles. The smallest absolute Gasteiger partial charge is 0.272 e. The molecule has 1 unspecified atom stereocenters. The highest BCUT2D eigenvalue weighted by molar-refractivity contribution is 9.10. The summed E-state index contributed by atoms with van der Waals surface area (Å²) in [5.74, 6) is 0.793. The first-order chi connectivity index (χ1) is 17.4. The monoisotopic (exact) mass is 542 g/mol. The first kappa shape index (κ1) is 23.7. The largest absolute Gasteiger partial charge is 0.350 e. The number of carbonyl (C=O) groups excluding carboxylic acids is 1. The molecule has 0 aliphatic carbocycles. The van der Waals surface area contributed by atoms with E-state index in [0.717, 1.165) is 26.9 Å². The Labute approximate surface area is 216 Å². The van der Waals surface area contributed by atoms with Crippen LogP contribution in [-0.2, 0) is 6.42 Å². The number of fused-ring (bicyclic) bond motifs is 1. The van der Waals surface area contributed by atoms with E-state index in [1.54, 1.807) is 18.3 Å². The molecule has 1 amide bonds. The number of carbonyl (C=O) groups is 1. The molecule has 2 aromatic carbocycles. The fourth-order valence-electron chi connectivity index (χ4n) is 4.62. The van der Waals surface area contributed by atoms with Gasteiger partial charge in [0, 0.05) is 53.7 Å². The molecule has 9 heteroatoms. The molecule has 0 bridgehead atoms. The molecule has 1 saturated heterocycles. The van der Waals surface area contributed by atoms with Crippen molar-refractivity contribution in [1.29, 1.82) is 5.26 Å². The summed E-state index contributed by atoms with van der Waals surface area (Å²) in [6.45, 7) is 3.88. The number of hydrogen-bond donors (Lipinski definition) is 1. The van der Waals surface area contributed by atoms with Crippen molar-refractivity contribution < 1.29 is 4.79 Å². The number of piperazine rings is 1. The fourth-order valence-corrected chi connectivity index (χ4v) is 4.98. The van der Waals surface area contributed by atoms with Crippen LogP contribution >= 0.6 is 15.9 Å². The summed E-state index contributed by atoms with van der Waals surface area (Å²) in [5, 5.41) is 17.2. The summed E-state index contributed by atoms with van der Waals surface area (Å²) in [6.07, 6.45) is 2.06. The summed E-state index contributed by atoms with van der Waals surface area (Å²) in [7, 11) is 0. The molecule has 0 spiro atoms. The van der Waals surface area contributed by atoms with Crippen molar-refractivity contribution in [2.24, 2.45) is 0 Å². The molecule has 4 aromatic rings. The van der Waals surface area contributed by atoms with E-state index in [0.29, 0.717) is 42.6 Å². The Morgan fingerprint density at radius 2 is 2.03 bits per heavy atom. The molecule has 3 heterocycles. The molecular weight excluding hydrogens is 520 g/mol. The van der Waals surface area contributed by atoms with Gasteiger partial charge in [0.1, 0.15) is 11.9 Å². The van der Waals surface area contributed by atoms with Crippen molar-refractivity contribution in [2.75, 3.05) is 24.5 Å². The summed E-state index contributed by atoms with van der Waals surface area (Å²) in [6, 6.07) is 18.9. The quantitative estimate of drug-likeness (QED) is 0.419. The molecule has 1 atom stereocenters. The third-order valence-electron chi connectivity index (χ3n) is 6.46. The highest BCUT2D eigenvalue weighted by atomic mass is 79.9. The highest BCUT2D eigenvalue weighted by Gasteiger charge is 2.28. The number of benzene rings is 2. The second kappa shape index (κ2) is 9.91. The normalized spacial score (nSPS) is 15.6. The third-order valence-corrected chi connectivity index (χ3v) is 6.95. The van der Waals surface area contributed by atoms with Crippen molar-refractivity contribution in [1.82, 2.24) is 20.1 Å². The molecule has 1 aliphatic heterocycles. The number of nitrogens with zero attached hydrogens (tertiary/aromatic N) is 5. The molecule has 1 aliphatic rings. The van der Waals surface area contributed by atoms with Crippen LogP contribution in [0.1, 0.15) is 34.1 Å². The van der Waals surface area contributed by atoms with Crippen LogP contribution in [0.25, 0.3) is 10.8 Å². The Morgan fingerprint density at radius 1 is 1.17 bits per heavy atom. The van der Waals surface area contributed by atoms with Crippen LogP contribution in [0.5, 0.6) is 0 Å². The molecule has 36 heavy (non-hydrogen) atoms. The molecule has 180 valence electrons. The zero-order valence-corrected chi connectivity index (χ0v) is 21.2. The zero-order chi connectivity index (χ0) is 25.2. The molecular formula is C27H23BrN6O2. The first-order valence-corrected chi connectivity index (χ1v) is 12.4. The number of nitriles is 1. The molecule has 1 fully saturated rings. The SMILES string of the molecule is CC1CN(C(=O)c2cccc(Cc3n[nH]c(=O)c4ccc(Br)cc34)c2)CCN1c1ccc(C#N)cn1. The topological polar surface area (TPSA) is 106 Å². The number of amides is 1. The molecule has 0 radical (unpaired) electrons. The number of halogens is 1.